The standard InChI is InChI=1S/C14H14N2S/c1-2-6-12(7-3-1)10-16-11-15-13-8-4-5-9-14(13)17-16/h1-9,15H,10-11H2. The molecule has 1 N–H and O–H groups in total. The minimum atomic E-state index is 0.885. The molecule has 0 aliphatic carbocycles. The van der Waals surface area contributed by atoms with Gasteiger partial charge in [-0.3, -0.25) is 0 Å². The number of rotatable bonds is 2. The summed E-state index contributed by atoms with van der Waals surface area (Å²) in [6.45, 7) is 1.85. The first-order valence-electron chi connectivity index (χ1n) is 5.71. The summed E-state index contributed by atoms with van der Waals surface area (Å²) in [6, 6.07) is 19.0. The molecule has 1 aliphatic heterocycles. The molecular weight excluding hydrogens is 228 g/mol. The maximum absolute atomic E-state index is 3.44. The Morgan fingerprint density at radius 1 is 1.00 bits per heavy atom. The third-order valence-electron chi connectivity index (χ3n) is 2.76. The van der Waals surface area contributed by atoms with Gasteiger partial charge in [-0.25, -0.2) is 4.31 Å². The van der Waals surface area contributed by atoms with Crippen LogP contribution in [0.1, 0.15) is 5.56 Å². The number of fused-ring (bicyclic) bond motifs is 1. The highest BCUT2D eigenvalue weighted by Crippen LogP contribution is 2.34. The lowest BCUT2D eigenvalue weighted by atomic mass is 10.2. The summed E-state index contributed by atoms with van der Waals surface area (Å²) in [6.07, 6.45) is 0. The number of nitrogens with one attached hydrogen (secondary N) is 1. The summed E-state index contributed by atoms with van der Waals surface area (Å²) >= 11 is 1.82. The molecule has 17 heavy (non-hydrogen) atoms. The summed E-state index contributed by atoms with van der Waals surface area (Å²) in [5, 5.41) is 3.44. The fourth-order valence-electron chi connectivity index (χ4n) is 1.91. The van der Waals surface area contributed by atoms with Gasteiger partial charge in [-0.05, 0) is 29.6 Å². The number of para-hydroxylation sites is 1. The molecule has 2 aromatic carbocycles. The molecule has 86 valence electrons. The molecule has 1 aliphatic rings. The van der Waals surface area contributed by atoms with Crippen molar-refractivity contribution in [2.24, 2.45) is 0 Å². The number of hydrogen-bond acceptors (Lipinski definition) is 3. The fraction of sp³-hybridized carbons (Fsp3) is 0.143. The van der Waals surface area contributed by atoms with E-state index >= 15 is 0 Å². The van der Waals surface area contributed by atoms with Crippen LogP contribution >= 0.6 is 11.9 Å². The van der Waals surface area contributed by atoms with Gasteiger partial charge in [0.1, 0.15) is 0 Å². The first-order valence-corrected chi connectivity index (χ1v) is 6.49. The van der Waals surface area contributed by atoms with Crippen molar-refractivity contribution in [1.29, 1.82) is 0 Å². The summed E-state index contributed by atoms with van der Waals surface area (Å²) in [5.74, 6) is 0. The summed E-state index contributed by atoms with van der Waals surface area (Å²) in [5.41, 5.74) is 2.59. The van der Waals surface area contributed by atoms with Crippen molar-refractivity contribution in [3.8, 4) is 0 Å². The van der Waals surface area contributed by atoms with Crippen molar-refractivity contribution in [3.05, 3.63) is 60.2 Å². The van der Waals surface area contributed by atoms with Crippen molar-refractivity contribution >= 4 is 17.6 Å². The average Bonchev–Trinajstić information content (AvgIpc) is 2.40. The van der Waals surface area contributed by atoms with Crippen molar-refractivity contribution in [1.82, 2.24) is 4.31 Å². The third-order valence-corrected chi connectivity index (χ3v) is 3.83. The van der Waals surface area contributed by atoms with Crippen LogP contribution in [0.25, 0.3) is 0 Å². The van der Waals surface area contributed by atoms with Gasteiger partial charge in [-0.1, -0.05) is 42.5 Å². The molecule has 0 saturated carbocycles. The molecule has 3 heteroatoms. The smallest absolute Gasteiger partial charge is 0.0782 e. The van der Waals surface area contributed by atoms with Gasteiger partial charge in [0.2, 0.25) is 0 Å². The predicted octanol–water partition coefficient (Wildman–Crippen LogP) is 3.58. The highest BCUT2D eigenvalue weighted by molar-refractivity contribution is 7.97. The summed E-state index contributed by atoms with van der Waals surface area (Å²) in [7, 11) is 0. The zero-order valence-corrected chi connectivity index (χ0v) is 10.3. The van der Waals surface area contributed by atoms with E-state index in [2.05, 4.69) is 64.2 Å². The molecule has 0 atom stereocenters. The molecule has 0 fully saturated rings. The van der Waals surface area contributed by atoms with Gasteiger partial charge in [0.25, 0.3) is 0 Å². The SMILES string of the molecule is c1ccc(CN2CNc3ccccc3S2)cc1. The Morgan fingerprint density at radius 2 is 1.76 bits per heavy atom. The quantitative estimate of drug-likeness (QED) is 0.810. The van der Waals surface area contributed by atoms with E-state index < -0.39 is 0 Å². The Labute approximate surface area is 106 Å². The van der Waals surface area contributed by atoms with Crippen LogP contribution in [0, 0.1) is 0 Å². The molecule has 0 bridgehead atoms. The van der Waals surface area contributed by atoms with Crippen LogP contribution in [-0.2, 0) is 6.54 Å². The van der Waals surface area contributed by atoms with Crippen LogP contribution in [0.2, 0.25) is 0 Å². The van der Waals surface area contributed by atoms with Gasteiger partial charge >= 0.3 is 0 Å². The first kappa shape index (κ1) is 10.7. The van der Waals surface area contributed by atoms with Gasteiger partial charge in [0.15, 0.2) is 0 Å². The van der Waals surface area contributed by atoms with E-state index in [0.717, 1.165) is 13.2 Å². The third kappa shape index (κ3) is 2.46. The van der Waals surface area contributed by atoms with Crippen molar-refractivity contribution in [2.45, 2.75) is 11.4 Å². The Morgan fingerprint density at radius 3 is 2.65 bits per heavy atom. The van der Waals surface area contributed by atoms with Gasteiger partial charge in [-0.15, -0.1) is 0 Å². The molecule has 2 nitrogen and oxygen atoms in total. The van der Waals surface area contributed by atoms with Gasteiger partial charge in [0, 0.05) is 11.4 Å². The topological polar surface area (TPSA) is 15.3 Å². The minimum Gasteiger partial charge on any atom is -0.371 e. The van der Waals surface area contributed by atoms with E-state index in [1.807, 2.05) is 11.9 Å². The van der Waals surface area contributed by atoms with Crippen molar-refractivity contribution < 1.29 is 0 Å². The number of nitrogens with zero attached hydrogens (tertiary/aromatic N) is 1. The van der Waals surface area contributed by atoms with Crippen LogP contribution < -0.4 is 5.32 Å². The summed E-state index contributed by atoms with van der Waals surface area (Å²) < 4.78 is 2.33. The highest BCUT2D eigenvalue weighted by Gasteiger charge is 2.15. The van der Waals surface area contributed by atoms with Crippen LogP contribution in [0.3, 0.4) is 0 Å². The lowest BCUT2D eigenvalue weighted by Gasteiger charge is -2.28. The van der Waals surface area contributed by atoms with E-state index in [-0.39, 0.29) is 0 Å². The molecule has 3 rings (SSSR count). The van der Waals surface area contributed by atoms with E-state index in [4.69, 9.17) is 0 Å². The molecule has 0 spiro atoms. The molecule has 0 aromatic heterocycles. The first-order chi connectivity index (χ1) is 8.42. The van der Waals surface area contributed by atoms with Crippen molar-refractivity contribution in [3.63, 3.8) is 0 Å². The average molecular weight is 242 g/mol. The summed E-state index contributed by atoms with van der Waals surface area (Å²) in [4.78, 5) is 1.30. The Kier molecular flexibility index (Phi) is 3.03. The predicted molar refractivity (Wildman–Crippen MR) is 72.8 cm³/mol. The maximum atomic E-state index is 3.44. The van der Waals surface area contributed by atoms with Gasteiger partial charge < -0.3 is 5.32 Å². The molecule has 0 saturated heterocycles. The second-order valence-electron chi connectivity index (χ2n) is 4.05. The Bertz CT molecular complexity index is 499. The molecule has 0 amide bonds. The lowest BCUT2D eigenvalue weighted by molar-refractivity contribution is 0.493. The zero-order valence-electron chi connectivity index (χ0n) is 9.47. The number of benzene rings is 2. The molecule has 1 heterocycles. The van der Waals surface area contributed by atoms with E-state index in [1.54, 1.807) is 0 Å². The van der Waals surface area contributed by atoms with Gasteiger partial charge in [0.05, 0.1) is 12.4 Å². The van der Waals surface area contributed by atoms with E-state index in [1.165, 1.54) is 16.1 Å². The van der Waals surface area contributed by atoms with E-state index in [0.29, 0.717) is 0 Å². The lowest BCUT2D eigenvalue weighted by Crippen LogP contribution is -2.26. The fourth-order valence-corrected chi connectivity index (χ4v) is 2.91. The maximum Gasteiger partial charge on any atom is 0.0782 e. The largest absolute Gasteiger partial charge is 0.371 e. The van der Waals surface area contributed by atoms with Crippen LogP contribution in [0.5, 0.6) is 0 Å². The zero-order chi connectivity index (χ0) is 11.5. The van der Waals surface area contributed by atoms with E-state index in [9.17, 15) is 0 Å². The second-order valence-corrected chi connectivity index (χ2v) is 5.19. The Hall–Kier alpha value is -1.45. The van der Waals surface area contributed by atoms with Crippen molar-refractivity contribution in [2.75, 3.05) is 12.0 Å². The monoisotopic (exact) mass is 242 g/mol. The van der Waals surface area contributed by atoms with Gasteiger partial charge in [-0.2, -0.15) is 0 Å². The molecular formula is C14H14N2S. The second kappa shape index (κ2) is 4.82. The minimum absolute atomic E-state index is 0.885. The number of hydrogen-bond donors (Lipinski definition) is 1. The molecule has 2 aromatic rings. The van der Waals surface area contributed by atoms with Crippen LogP contribution in [0.4, 0.5) is 5.69 Å². The Balaban J connectivity index is 1.72. The van der Waals surface area contributed by atoms with Crippen LogP contribution in [0.15, 0.2) is 59.5 Å². The highest BCUT2D eigenvalue weighted by atomic mass is 32.2. The van der Waals surface area contributed by atoms with Crippen LogP contribution in [-0.4, -0.2) is 11.0 Å². The normalized spacial score (nSPS) is 15.1. The molecule has 0 unspecified atom stereocenters. The molecule has 0 radical (unpaired) electrons. The number of anilines is 1.